The molecule has 0 spiro atoms. The Morgan fingerprint density at radius 3 is 2.35 bits per heavy atom. The van der Waals surface area contributed by atoms with Gasteiger partial charge >= 0.3 is 0 Å². The van der Waals surface area contributed by atoms with E-state index in [-0.39, 0.29) is 22.6 Å². The summed E-state index contributed by atoms with van der Waals surface area (Å²) < 4.78 is 21.3. The van der Waals surface area contributed by atoms with Crippen molar-refractivity contribution >= 4 is 22.6 Å². The number of benzene rings is 1. The van der Waals surface area contributed by atoms with Gasteiger partial charge in [-0.1, -0.05) is 18.2 Å². The van der Waals surface area contributed by atoms with Gasteiger partial charge in [0.15, 0.2) is 5.82 Å². The zero-order chi connectivity index (χ0) is 22.8. The van der Waals surface area contributed by atoms with Crippen LogP contribution in [0.4, 0.5) is 5.82 Å². The Hall–Kier alpha value is -2.45. The van der Waals surface area contributed by atoms with Crippen LogP contribution in [0.2, 0.25) is 0 Å². The molecule has 1 aliphatic heterocycles. The quantitative estimate of drug-likeness (QED) is 0.589. The predicted octanol–water partition coefficient (Wildman–Crippen LogP) is 3.22. The molecule has 2 heterocycles. The van der Waals surface area contributed by atoms with E-state index in [1.54, 1.807) is 24.3 Å². The standard InChI is InChI=1S/C23H32N4O3S/c1-22(2)14-17(15-23(3,4)26-22)27(5)21-11-10-19(24-25-21)18-9-8-16(13-20(18)28)7-6-12-31(29)30/h6-11,13,17,26,28,31H,12,14-15H2,1-5H3/b7-6+. The summed E-state index contributed by atoms with van der Waals surface area (Å²) in [6.07, 6.45) is 5.23. The zero-order valence-electron chi connectivity index (χ0n) is 18.8. The second-order valence-corrected chi connectivity index (χ2v) is 10.6. The van der Waals surface area contributed by atoms with Crippen molar-refractivity contribution in [2.24, 2.45) is 0 Å². The first-order chi connectivity index (χ1) is 14.5. The number of nitrogens with one attached hydrogen (secondary N) is 1. The molecular weight excluding hydrogens is 412 g/mol. The number of hydrogen-bond donors (Lipinski definition) is 3. The van der Waals surface area contributed by atoms with Gasteiger partial charge in [0.2, 0.25) is 0 Å². The topological polar surface area (TPSA) is 95.4 Å². The number of phenolic OH excluding ortho intramolecular Hbond substituents is 1. The van der Waals surface area contributed by atoms with Crippen molar-refractivity contribution in [2.45, 2.75) is 57.7 Å². The van der Waals surface area contributed by atoms with Crippen molar-refractivity contribution in [1.82, 2.24) is 15.5 Å². The van der Waals surface area contributed by atoms with Crippen LogP contribution >= 0.6 is 0 Å². The molecule has 1 aromatic heterocycles. The molecule has 2 aromatic rings. The van der Waals surface area contributed by atoms with Crippen LogP contribution in [0.1, 0.15) is 46.1 Å². The van der Waals surface area contributed by atoms with E-state index in [0.717, 1.165) is 24.2 Å². The van der Waals surface area contributed by atoms with Gasteiger partial charge in [-0.15, -0.1) is 10.2 Å². The molecule has 0 unspecified atom stereocenters. The molecule has 168 valence electrons. The third kappa shape index (κ3) is 6.04. The molecule has 0 bridgehead atoms. The van der Waals surface area contributed by atoms with Crippen LogP contribution in [-0.4, -0.2) is 53.6 Å². The first-order valence-corrected chi connectivity index (χ1v) is 11.8. The Morgan fingerprint density at radius 2 is 1.81 bits per heavy atom. The highest BCUT2D eigenvalue weighted by Gasteiger charge is 2.39. The third-order valence-electron chi connectivity index (χ3n) is 5.59. The van der Waals surface area contributed by atoms with Crippen LogP contribution in [0.5, 0.6) is 5.75 Å². The number of piperidine rings is 1. The third-order valence-corrected chi connectivity index (χ3v) is 6.10. The van der Waals surface area contributed by atoms with Gasteiger partial charge in [0.05, 0.1) is 11.4 Å². The van der Waals surface area contributed by atoms with Crippen LogP contribution in [0.25, 0.3) is 17.3 Å². The SMILES string of the molecule is CN(c1ccc(-c2ccc(/C=C/C[SH](=O)=O)cc2O)nn1)C1CC(C)(C)NC(C)(C)C1. The van der Waals surface area contributed by atoms with E-state index in [2.05, 4.69) is 55.2 Å². The van der Waals surface area contributed by atoms with Gasteiger partial charge in [0, 0.05) is 29.7 Å². The van der Waals surface area contributed by atoms with Gasteiger partial charge in [-0.3, -0.25) is 0 Å². The number of hydrogen-bond acceptors (Lipinski definition) is 7. The summed E-state index contributed by atoms with van der Waals surface area (Å²) in [6.45, 7) is 8.91. The molecule has 1 aromatic carbocycles. The highest BCUT2D eigenvalue weighted by molar-refractivity contribution is 7.72. The fourth-order valence-corrected chi connectivity index (χ4v) is 4.81. The van der Waals surface area contributed by atoms with Gasteiger partial charge in [-0.2, -0.15) is 0 Å². The number of thiol groups is 1. The van der Waals surface area contributed by atoms with E-state index in [1.165, 1.54) is 0 Å². The normalized spacial score (nSPS) is 18.5. The molecule has 0 radical (unpaired) electrons. The minimum atomic E-state index is -2.45. The summed E-state index contributed by atoms with van der Waals surface area (Å²) in [5.74, 6) is 0.850. The zero-order valence-corrected chi connectivity index (χ0v) is 19.7. The second-order valence-electron chi connectivity index (χ2n) is 9.54. The Morgan fingerprint density at radius 1 is 1.13 bits per heavy atom. The number of rotatable bonds is 6. The van der Waals surface area contributed by atoms with Gasteiger partial charge in [0.1, 0.15) is 16.5 Å². The van der Waals surface area contributed by atoms with Gasteiger partial charge in [-0.05, 0) is 70.4 Å². The molecule has 2 N–H and O–H groups in total. The molecular formula is C23H32N4O3S. The predicted molar refractivity (Wildman–Crippen MR) is 126 cm³/mol. The smallest absolute Gasteiger partial charge is 0.151 e. The van der Waals surface area contributed by atoms with Crippen LogP contribution in [0.15, 0.2) is 36.4 Å². The van der Waals surface area contributed by atoms with E-state index in [9.17, 15) is 13.5 Å². The fourth-order valence-electron chi connectivity index (χ4n) is 4.53. The van der Waals surface area contributed by atoms with Crippen molar-refractivity contribution in [1.29, 1.82) is 0 Å². The molecule has 7 nitrogen and oxygen atoms in total. The number of anilines is 1. The van der Waals surface area contributed by atoms with E-state index in [4.69, 9.17) is 0 Å². The largest absolute Gasteiger partial charge is 0.507 e. The van der Waals surface area contributed by atoms with Crippen molar-refractivity contribution in [3.05, 3.63) is 42.0 Å². The molecule has 1 fully saturated rings. The first-order valence-electron chi connectivity index (χ1n) is 10.4. The van der Waals surface area contributed by atoms with Crippen molar-refractivity contribution in [3.63, 3.8) is 0 Å². The maximum atomic E-state index is 10.7. The van der Waals surface area contributed by atoms with Crippen LogP contribution in [-0.2, 0) is 10.7 Å². The maximum absolute atomic E-state index is 10.7. The average molecular weight is 445 g/mol. The van der Waals surface area contributed by atoms with E-state index >= 15 is 0 Å². The Kier molecular flexibility index (Phi) is 6.71. The van der Waals surface area contributed by atoms with E-state index < -0.39 is 10.7 Å². The van der Waals surface area contributed by atoms with Gasteiger partial charge < -0.3 is 15.3 Å². The van der Waals surface area contributed by atoms with Crippen LogP contribution < -0.4 is 10.2 Å². The summed E-state index contributed by atoms with van der Waals surface area (Å²) >= 11 is 0. The summed E-state index contributed by atoms with van der Waals surface area (Å²) in [4.78, 5) is 2.19. The average Bonchev–Trinajstić information content (AvgIpc) is 2.65. The lowest BCUT2D eigenvalue weighted by Crippen LogP contribution is -2.62. The first kappa shape index (κ1) is 23.2. The molecule has 0 amide bonds. The van der Waals surface area contributed by atoms with Crippen LogP contribution in [0.3, 0.4) is 0 Å². The number of aromatic hydroxyl groups is 1. The molecule has 0 atom stereocenters. The fraction of sp³-hybridized carbons (Fsp3) is 0.478. The van der Waals surface area contributed by atoms with E-state index in [1.807, 2.05) is 18.2 Å². The van der Waals surface area contributed by atoms with Gasteiger partial charge in [-0.25, -0.2) is 8.42 Å². The summed E-state index contributed by atoms with van der Waals surface area (Å²) in [5, 5.41) is 22.9. The lowest BCUT2D eigenvalue weighted by atomic mass is 9.79. The Labute approximate surface area is 186 Å². The lowest BCUT2D eigenvalue weighted by Gasteiger charge is -2.49. The molecule has 0 saturated carbocycles. The molecule has 1 saturated heterocycles. The van der Waals surface area contributed by atoms with E-state index in [0.29, 0.717) is 17.3 Å². The summed E-state index contributed by atoms with van der Waals surface area (Å²) in [6, 6.07) is 9.30. The molecule has 0 aliphatic carbocycles. The minimum absolute atomic E-state index is 0.0241. The highest BCUT2D eigenvalue weighted by atomic mass is 32.2. The molecule has 3 rings (SSSR count). The lowest BCUT2D eigenvalue weighted by molar-refractivity contribution is 0.160. The van der Waals surface area contributed by atoms with Crippen molar-refractivity contribution < 1.29 is 13.5 Å². The number of nitrogens with zero attached hydrogens (tertiary/aromatic N) is 3. The van der Waals surface area contributed by atoms with Crippen molar-refractivity contribution in [3.8, 4) is 17.0 Å². The summed E-state index contributed by atoms with van der Waals surface area (Å²) in [5.41, 5.74) is 1.97. The Balaban J connectivity index is 1.76. The Bertz CT molecular complexity index is 1010. The second kappa shape index (κ2) is 8.96. The maximum Gasteiger partial charge on any atom is 0.151 e. The number of phenols is 1. The van der Waals surface area contributed by atoms with Crippen LogP contribution in [0, 0.1) is 0 Å². The summed E-state index contributed by atoms with van der Waals surface area (Å²) in [7, 11) is -0.391. The highest BCUT2D eigenvalue weighted by Crippen LogP contribution is 2.33. The monoisotopic (exact) mass is 444 g/mol. The molecule has 31 heavy (non-hydrogen) atoms. The molecule has 1 aliphatic rings. The molecule has 8 heteroatoms. The number of aromatic nitrogens is 2. The minimum Gasteiger partial charge on any atom is -0.507 e. The van der Waals surface area contributed by atoms with Crippen molar-refractivity contribution in [2.75, 3.05) is 17.7 Å². The van der Waals surface area contributed by atoms with Gasteiger partial charge in [0.25, 0.3) is 0 Å².